The van der Waals surface area contributed by atoms with Crippen LogP contribution in [0.2, 0.25) is 0 Å². The molecule has 0 spiro atoms. The standard InChI is InChI=1S/C19H36O2/c1-21-19(20)17-13-7-5-3-2-4-6-10-14-18-15-11-8-9-12-16-18/h18H,2-17H2,1H3/i11D,14+1. The zero-order chi connectivity index (χ0) is 16.0. The SMILES string of the molecule is [2H]C1CCCCC([13CH2]CCCCCCCCCC(=O)OC)C1. The Balaban J connectivity index is 1.84. The molecule has 0 radical (unpaired) electrons. The van der Waals surface area contributed by atoms with E-state index < -0.39 is 0 Å². The molecule has 0 bridgehead atoms. The van der Waals surface area contributed by atoms with E-state index >= 15 is 0 Å². The Kier molecular flexibility index (Phi) is 10.5. The van der Waals surface area contributed by atoms with Gasteiger partial charge in [0.05, 0.1) is 7.11 Å². The molecule has 0 aromatic heterocycles. The first-order valence-electron chi connectivity index (χ1n) is 9.79. The monoisotopic (exact) mass is 298 g/mol. The summed E-state index contributed by atoms with van der Waals surface area (Å²) in [6.45, 7) is 0. The second-order valence-electron chi connectivity index (χ2n) is 6.62. The van der Waals surface area contributed by atoms with Crippen LogP contribution in [-0.4, -0.2) is 13.1 Å². The quantitative estimate of drug-likeness (QED) is 0.201. The molecule has 2 unspecified atom stereocenters. The van der Waals surface area contributed by atoms with E-state index in [1.165, 1.54) is 71.3 Å². The largest absolute Gasteiger partial charge is 0.469 e. The van der Waals surface area contributed by atoms with E-state index in [1.54, 1.807) is 0 Å². The van der Waals surface area contributed by atoms with Crippen LogP contribution in [-0.2, 0) is 9.53 Å². The molecule has 0 saturated heterocycles. The van der Waals surface area contributed by atoms with Crippen LogP contribution in [0.3, 0.4) is 0 Å². The number of ether oxygens (including phenoxy) is 1. The van der Waals surface area contributed by atoms with Gasteiger partial charge in [0.2, 0.25) is 0 Å². The summed E-state index contributed by atoms with van der Waals surface area (Å²) < 4.78 is 12.6. The first-order chi connectivity index (χ1) is 10.7. The predicted molar refractivity (Wildman–Crippen MR) is 89.4 cm³/mol. The Bertz CT molecular complexity index is 281. The van der Waals surface area contributed by atoms with Crippen molar-refractivity contribution in [2.24, 2.45) is 5.92 Å². The molecule has 2 heteroatoms. The zero-order valence-corrected chi connectivity index (χ0v) is 14.1. The number of esters is 1. The first kappa shape index (κ1) is 16.8. The van der Waals surface area contributed by atoms with Crippen LogP contribution in [0.15, 0.2) is 0 Å². The van der Waals surface area contributed by atoms with Gasteiger partial charge in [-0.2, -0.15) is 0 Å². The van der Waals surface area contributed by atoms with Crippen molar-refractivity contribution in [3.63, 3.8) is 0 Å². The number of hydrogen-bond acceptors (Lipinski definition) is 2. The summed E-state index contributed by atoms with van der Waals surface area (Å²) in [4.78, 5) is 11.0. The van der Waals surface area contributed by atoms with E-state index in [0.717, 1.165) is 31.6 Å². The Morgan fingerprint density at radius 1 is 0.952 bits per heavy atom. The average molecular weight is 298 g/mol. The van der Waals surface area contributed by atoms with Crippen molar-refractivity contribution >= 4 is 5.97 Å². The van der Waals surface area contributed by atoms with Gasteiger partial charge in [0.1, 0.15) is 0 Å². The second kappa shape index (κ2) is 13.2. The van der Waals surface area contributed by atoms with Crippen molar-refractivity contribution in [3.05, 3.63) is 0 Å². The molecule has 0 aromatic rings. The fourth-order valence-electron chi connectivity index (χ4n) is 3.32. The van der Waals surface area contributed by atoms with Crippen LogP contribution in [0.4, 0.5) is 0 Å². The first-order valence-corrected chi connectivity index (χ1v) is 9.21. The highest BCUT2D eigenvalue weighted by molar-refractivity contribution is 5.68. The topological polar surface area (TPSA) is 26.3 Å². The highest BCUT2D eigenvalue weighted by Crippen LogP contribution is 2.27. The summed E-state index contributed by atoms with van der Waals surface area (Å²) in [5.41, 5.74) is 0. The van der Waals surface area contributed by atoms with Crippen LogP contribution in [0.1, 0.15) is 104 Å². The van der Waals surface area contributed by atoms with Gasteiger partial charge in [-0.1, -0.05) is 89.9 Å². The van der Waals surface area contributed by atoms with Crippen molar-refractivity contribution in [2.75, 3.05) is 7.11 Å². The molecule has 124 valence electrons. The molecule has 0 aliphatic heterocycles. The molecule has 1 aliphatic rings. The lowest BCUT2D eigenvalue weighted by atomic mass is 10.0. The molecule has 1 rings (SSSR count). The normalized spacial score (nSPS) is 23.4. The average Bonchev–Trinajstić information content (AvgIpc) is 2.73. The molecule has 1 fully saturated rings. The van der Waals surface area contributed by atoms with Crippen molar-refractivity contribution in [3.8, 4) is 0 Å². The number of carbonyl (C=O) groups is 1. The van der Waals surface area contributed by atoms with Crippen molar-refractivity contribution in [2.45, 2.75) is 103 Å². The summed E-state index contributed by atoms with van der Waals surface area (Å²) in [7, 11) is 1.46. The molecule has 21 heavy (non-hydrogen) atoms. The third-order valence-electron chi connectivity index (χ3n) is 4.74. The highest BCUT2D eigenvalue weighted by atomic mass is 16.5. The minimum Gasteiger partial charge on any atom is -0.469 e. The molecule has 1 aliphatic carbocycles. The van der Waals surface area contributed by atoms with Crippen LogP contribution in [0.5, 0.6) is 0 Å². The van der Waals surface area contributed by atoms with Gasteiger partial charge in [-0.05, 0) is 12.3 Å². The maximum Gasteiger partial charge on any atom is 0.305 e. The van der Waals surface area contributed by atoms with Crippen molar-refractivity contribution in [1.82, 2.24) is 0 Å². The lowest BCUT2D eigenvalue weighted by Gasteiger charge is -2.13. The van der Waals surface area contributed by atoms with Gasteiger partial charge in [0.15, 0.2) is 0 Å². The van der Waals surface area contributed by atoms with Gasteiger partial charge in [-0.15, -0.1) is 0 Å². The van der Waals surface area contributed by atoms with Crippen LogP contribution >= 0.6 is 0 Å². The van der Waals surface area contributed by atoms with E-state index in [-0.39, 0.29) is 12.4 Å². The third kappa shape index (κ3) is 10.8. The maximum atomic E-state index is 11.0. The van der Waals surface area contributed by atoms with E-state index in [0.29, 0.717) is 6.42 Å². The molecule has 0 aromatic carbocycles. The summed E-state index contributed by atoms with van der Waals surface area (Å²) in [6.07, 6.45) is 18.5. The maximum absolute atomic E-state index is 11.0. The molecular weight excluding hydrogens is 261 g/mol. The van der Waals surface area contributed by atoms with Crippen LogP contribution in [0, 0.1) is 5.92 Å². The lowest BCUT2D eigenvalue weighted by Crippen LogP contribution is -1.99. The Hall–Kier alpha value is -0.530. The molecule has 0 N–H and O–H groups in total. The third-order valence-corrected chi connectivity index (χ3v) is 4.74. The highest BCUT2D eigenvalue weighted by Gasteiger charge is 2.11. The smallest absolute Gasteiger partial charge is 0.305 e. The predicted octanol–water partition coefficient (Wildman–Crippen LogP) is 6.03. The number of rotatable bonds is 11. The van der Waals surface area contributed by atoms with Gasteiger partial charge in [-0.25, -0.2) is 0 Å². The second-order valence-corrected chi connectivity index (χ2v) is 6.62. The number of hydrogen-bond donors (Lipinski definition) is 0. The van der Waals surface area contributed by atoms with E-state index in [4.69, 9.17) is 1.37 Å². The summed E-state index contributed by atoms with van der Waals surface area (Å²) in [6, 6.07) is 0. The van der Waals surface area contributed by atoms with Crippen molar-refractivity contribution < 1.29 is 10.9 Å². The van der Waals surface area contributed by atoms with Crippen LogP contribution in [0.25, 0.3) is 0 Å². The molecule has 1 saturated carbocycles. The Morgan fingerprint density at radius 3 is 2.33 bits per heavy atom. The molecule has 0 heterocycles. The molecule has 0 amide bonds. The van der Waals surface area contributed by atoms with Gasteiger partial charge in [-0.3, -0.25) is 4.79 Å². The number of unbranched alkanes of at least 4 members (excludes halogenated alkanes) is 7. The molecule has 2 nitrogen and oxygen atoms in total. The fraction of sp³-hybridized carbons (Fsp3) is 0.947. The number of methoxy groups -OCH3 is 1. The van der Waals surface area contributed by atoms with E-state index in [2.05, 4.69) is 4.74 Å². The van der Waals surface area contributed by atoms with Crippen molar-refractivity contribution in [1.29, 1.82) is 0 Å². The summed E-state index contributed by atoms with van der Waals surface area (Å²) in [5, 5.41) is 0. The van der Waals surface area contributed by atoms with Gasteiger partial charge >= 0.3 is 5.97 Å². The fourth-order valence-corrected chi connectivity index (χ4v) is 3.32. The summed E-state index contributed by atoms with van der Waals surface area (Å²) in [5.74, 6) is 0.761. The Labute approximate surface area is 133 Å². The lowest BCUT2D eigenvalue weighted by molar-refractivity contribution is -0.140. The van der Waals surface area contributed by atoms with Gasteiger partial charge in [0, 0.05) is 7.79 Å². The van der Waals surface area contributed by atoms with Gasteiger partial charge < -0.3 is 4.74 Å². The Morgan fingerprint density at radius 2 is 1.62 bits per heavy atom. The van der Waals surface area contributed by atoms with E-state index in [1.807, 2.05) is 0 Å². The minimum absolute atomic E-state index is 0.0755. The zero-order valence-electron chi connectivity index (χ0n) is 15.1. The molecular formula is C19H36O2. The molecule has 2 atom stereocenters. The van der Waals surface area contributed by atoms with Crippen LogP contribution < -0.4 is 0 Å². The summed E-state index contributed by atoms with van der Waals surface area (Å²) >= 11 is 0. The minimum atomic E-state index is -0.0755. The number of carbonyl (C=O) groups excluding carboxylic acids is 1. The van der Waals surface area contributed by atoms with Gasteiger partial charge in [0.25, 0.3) is 0 Å². The van der Waals surface area contributed by atoms with E-state index in [9.17, 15) is 4.79 Å².